The Hall–Kier alpha value is -4.53. The van der Waals surface area contributed by atoms with Gasteiger partial charge in [0.1, 0.15) is 18.1 Å². The van der Waals surface area contributed by atoms with E-state index in [-0.39, 0.29) is 25.0 Å². The van der Waals surface area contributed by atoms with Crippen LogP contribution in [0.3, 0.4) is 0 Å². The van der Waals surface area contributed by atoms with E-state index in [2.05, 4.69) is 10.6 Å². The topological polar surface area (TPSA) is 102 Å². The van der Waals surface area contributed by atoms with Crippen LogP contribution in [0.1, 0.15) is 26.5 Å². The van der Waals surface area contributed by atoms with Crippen molar-refractivity contribution >= 4 is 17.9 Å². The van der Waals surface area contributed by atoms with Crippen LogP contribution in [0.5, 0.6) is 5.75 Å². The van der Waals surface area contributed by atoms with Gasteiger partial charge in [-0.05, 0) is 69.3 Å². The molecule has 0 aliphatic carbocycles. The van der Waals surface area contributed by atoms with Gasteiger partial charge in [-0.1, -0.05) is 18.2 Å². The molecule has 0 atom stereocenters. The van der Waals surface area contributed by atoms with Crippen molar-refractivity contribution in [1.82, 2.24) is 19.8 Å². The summed E-state index contributed by atoms with van der Waals surface area (Å²) in [6, 6.07) is 20.3. The predicted molar refractivity (Wildman–Crippen MR) is 142 cm³/mol. The Morgan fingerprint density at radius 2 is 1.76 bits per heavy atom. The Bertz CT molecular complexity index is 1320. The van der Waals surface area contributed by atoms with Gasteiger partial charge in [-0.2, -0.15) is 0 Å². The fraction of sp³-hybridized carbons (Fsp3) is 0.250. The highest BCUT2D eigenvalue weighted by Crippen LogP contribution is 2.26. The van der Waals surface area contributed by atoms with Crippen LogP contribution >= 0.6 is 0 Å². The number of carbonyl (C=O) groups excluding carboxylic acids is 2. The van der Waals surface area contributed by atoms with Crippen molar-refractivity contribution in [2.75, 3.05) is 19.0 Å². The van der Waals surface area contributed by atoms with Crippen LogP contribution in [0.2, 0.25) is 0 Å². The van der Waals surface area contributed by atoms with E-state index in [1.165, 1.54) is 11.2 Å². The zero-order chi connectivity index (χ0) is 26.4. The summed E-state index contributed by atoms with van der Waals surface area (Å²) in [6.45, 7) is 5.60. The van der Waals surface area contributed by atoms with E-state index in [4.69, 9.17) is 14.1 Å². The summed E-state index contributed by atoms with van der Waals surface area (Å²) in [5, 5.41) is 5.79. The van der Waals surface area contributed by atoms with Gasteiger partial charge in [0.25, 0.3) is 0 Å². The van der Waals surface area contributed by atoms with E-state index in [0.717, 1.165) is 17.0 Å². The van der Waals surface area contributed by atoms with Crippen molar-refractivity contribution in [3.05, 3.63) is 85.0 Å². The molecule has 0 fully saturated rings. The first-order chi connectivity index (χ1) is 17.7. The number of hydrogen-bond acceptors (Lipinski definition) is 5. The Morgan fingerprint density at radius 1 is 1.03 bits per heavy atom. The van der Waals surface area contributed by atoms with Crippen LogP contribution in [0.15, 0.2) is 83.6 Å². The van der Waals surface area contributed by atoms with Crippen LogP contribution in [0, 0.1) is 0 Å². The molecular formula is C28H31N5O4. The molecule has 0 saturated heterocycles. The zero-order valence-corrected chi connectivity index (χ0v) is 21.4. The quantitative estimate of drug-likeness (QED) is 0.350. The molecule has 0 saturated carbocycles. The number of aromatic nitrogens is 2. The van der Waals surface area contributed by atoms with Gasteiger partial charge < -0.3 is 19.4 Å². The molecule has 2 aromatic carbocycles. The summed E-state index contributed by atoms with van der Waals surface area (Å²) in [4.78, 5) is 32.3. The summed E-state index contributed by atoms with van der Waals surface area (Å²) >= 11 is 0. The number of imidazole rings is 1. The maximum atomic E-state index is 13.2. The van der Waals surface area contributed by atoms with Crippen molar-refractivity contribution < 1.29 is 18.7 Å². The lowest BCUT2D eigenvalue weighted by Gasteiger charge is -2.27. The fourth-order valence-electron chi connectivity index (χ4n) is 3.68. The number of anilines is 1. The largest absolute Gasteiger partial charge is 0.497 e. The zero-order valence-electron chi connectivity index (χ0n) is 21.4. The Kier molecular flexibility index (Phi) is 7.62. The molecule has 0 radical (unpaired) electrons. The molecule has 9 nitrogen and oxygen atoms in total. The molecule has 4 rings (SSSR count). The highest BCUT2D eigenvalue weighted by molar-refractivity contribution is 5.93. The second kappa shape index (κ2) is 11.0. The van der Waals surface area contributed by atoms with Crippen molar-refractivity contribution in [2.24, 2.45) is 0 Å². The second-order valence-corrected chi connectivity index (χ2v) is 9.55. The molecular weight excluding hydrogens is 470 g/mol. The molecule has 37 heavy (non-hydrogen) atoms. The highest BCUT2D eigenvalue weighted by Gasteiger charge is 2.24. The SMILES string of the molecule is COc1ccc(-c2cn(-c3ccccc3)c(NC(=O)CN(Cc3ccco3)C(=O)NC(C)(C)C)n2)cc1. The Balaban J connectivity index is 1.59. The molecule has 0 unspecified atom stereocenters. The van der Waals surface area contributed by atoms with E-state index in [0.29, 0.717) is 17.4 Å². The highest BCUT2D eigenvalue weighted by atomic mass is 16.5. The number of ether oxygens (including phenoxy) is 1. The predicted octanol–water partition coefficient (Wildman–Crippen LogP) is 5.09. The van der Waals surface area contributed by atoms with E-state index in [1.54, 1.807) is 19.2 Å². The lowest BCUT2D eigenvalue weighted by atomic mass is 10.1. The van der Waals surface area contributed by atoms with Gasteiger partial charge >= 0.3 is 6.03 Å². The number of furan rings is 1. The molecule has 2 heterocycles. The van der Waals surface area contributed by atoms with Crippen LogP contribution in [0.25, 0.3) is 16.9 Å². The number of benzene rings is 2. The summed E-state index contributed by atoms with van der Waals surface area (Å²) in [7, 11) is 1.61. The molecule has 0 spiro atoms. The van der Waals surface area contributed by atoms with Crippen LogP contribution in [-0.2, 0) is 11.3 Å². The smallest absolute Gasteiger partial charge is 0.318 e. The van der Waals surface area contributed by atoms with Crippen molar-refractivity contribution in [2.45, 2.75) is 32.9 Å². The van der Waals surface area contributed by atoms with Crippen molar-refractivity contribution in [3.8, 4) is 22.7 Å². The third kappa shape index (κ3) is 6.78. The average Bonchev–Trinajstić information content (AvgIpc) is 3.53. The van der Waals surface area contributed by atoms with Crippen molar-refractivity contribution in [3.63, 3.8) is 0 Å². The first-order valence-electron chi connectivity index (χ1n) is 11.9. The number of amides is 3. The monoisotopic (exact) mass is 501 g/mol. The molecule has 0 aliphatic heterocycles. The van der Waals surface area contributed by atoms with E-state index in [1.807, 2.05) is 86.1 Å². The molecule has 192 valence electrons. The normalized spacial score (nSPS) is 11.1. The molecule has 9 heteroatoms. The minimum atomic E-state index is -0.466. The Morgan fingerprint density at radius 3 is 2.38 bits per heavy atom. The summed E-state index contributed by atoms with van der Waals surface area (Å²) < 4.78 is 12.5. The number of para-hydroxylation sites is 1. The van der Waals surface area contributed by atoms with Gasteiger partial charge in [-0.15, -0.1) is 0 Å². The van der Waals surface area contributed by atoms with Gasteiger partial charge in [0.2, 0.25) is 11.9 Å². The van der Waals surface area contributed by atoms with Crippen LogP contribution < -0.4 is 15.4 Å². The minimum Gasteiger partial charge on any atom is -0.497 e. The van der Waals surface area contributed by atoms with Gasteiger partial charge in [0.15, 0.2) is 0 Å². The standard InChI is InChI=1S/C28H31N5O4/c1-28(2,3)31-27(35)32(17-23-11-8-16-37-23)19-25(34)30-26-29-24(20-12-14-22(36-4)15-13-20)18-33(26)21-9-6-5-7-10-21/h5-16,18H,17,19H2,1-4H3,(H,31,35)(H,29,30,34). The fourth-order valence-corrected chi connectivity index (χ4v) is 3.68. The van der Waals surface area contributed by atoms with Crippen LogP contribution in [0.4, 0.5) is 10.7 Å². The third-order valence-corrected chi connectivity index (χ3v) is 5.41. The summed E-state index contributed by atoms with van der Waals surface area (Å²) in [6.07, 6.45) is 3.40. The first kappa shape index (κ1) is 25.6. The Labute approximate surface area is 216 Å². The maximum Gasteiger partial charge on any atom is 0.318 e. The summed E-state index contributed by atoms with van der Waals surface area (Å²) in [5.41, 5.74) is 1.92. The first-order valence-corrected chi connectivity index (χ1v) is 11.9. The third-order valence-electron chi connectivity index (χ3n) is 5.41. The number of carbonyl (C=O) groups is 2. The van der Waals surface area contributed by atoms with E-state index in [9.17, 15) is 9.59 Å². The van der Waals surface area contributed by atoms with Crippen LogP contribution in [-0.4, -0.2) is 45.6 Å². The molecule has 0 aliphatic rings. The summed E-state index contributed by atoms with van der Waals surface area (Å²) in [5.74, 6) is 1.27. The lowest BCUT2D eigenvalue weighted by molar-refractivity contribution is -0.117. The second-order valence-electron chi connectivity index (χ2n) is 9.55. The molecule has 3 amide bonds. The number of urea groups is 1. The number of nitrogens with one attached hydrogen (secondary N) is 2. The van der Waals surface area contributed by atoms with Gasteiger partial charge in [0, 0.05) is 23.0 Å². The molecule has 2 N–H and O–H groups in total. The van der Waals surface area contributed by atoms with Gasteiger partial charge in [-0.25, -0.2) is 9.78 Å². The number of hydrogen-bond donors (Lipinski definition) is 2. The van der Waals surface area contributed by atoms with E-state index >= 15 is 0 Å². The number of rotatable bonds is 8. The lowest BCUT2D eigenvalue weighted by Crippen LogP contribution is -2.50. The minimum absolute atomic E-state index is 0.145. The van der Waals surface area contributed by atoms with Gasteiger partial charge in [-0.3, -0.25) is 14.7 Å². The van der Waals surface area contributed by atoms with Crippen molar-refractivity contribution in [1.29, 1.82) is 0 Å². The maximum absolute atomic E-state index is 13.2. The molecule has 4 aromatic rings. The average molecular weight is 502 g/mol. The number of nitrogens with zero attached hydrogens (tertiary/aromatic N) is 3. The molecule has 2 aromatic heterocycles. The van der Waals surface area contributed by atoms with E-state index < -0.39 is 5.54 Å². The number of methoxy groups -OCH3 is 1. The van der Waals surface area contributed by atoms with Gasteiger partial charge in [0.05, 0.1) is 25.6 Å². The molecule has 0 bridgehead atoms.